The molecule has 0 aliphatic carbocycles. The molecule has 0 heterocycles. The third-order valence-electron chi connectivity index (χ3n) is 4.28. The number of primary amides is 1. The van der Waals surface area contributed by atoms with Gasteiger partial charge in [0, 0.05) is 24.3 Å². The highest BCUT2D eigenvalue weighted by Gasteiger charge is 2.24. The molecular weight excluding hydrogens is 402 g/mol. The van der Waals surface area contributed by atoms with Gasteiger partial charge in [0.25, 0.3) is 5.91 Å². The van der Waals surface area contributed by atoms with Gasteiger partial charge in [0.2, 0.25) is 15.9 Å². The average molecular weight is 424 g/mol. The normalized spacial score (nSPS) is 11.5. The third kappa shape index (κ3) is 4.52. The number of nitrogens with one attached hydrogen (secondary N) is 1. The van der Waals surface area contributed by atoms with Gasteiger partial charge < -0.3 is 11.1 Å². The summed E-state index contributed by atoms with van der Waals surface area (Å²) in [5.41, 5.74) is 6.70. The van der Waals surface area contributed by atoms with Gasteiger partial charge in [-0.15, -0.1) is 0 Å². The van der Waals surface area contributed by atoms with E-state index in [1.807, 2.05) is 0 Å². The van der Waals surface area contributed by atoms with Crippen molar-refractivity contribution in [1.29, 1.82) is 0 Å². The Kier molecular flexibility index (Phi) is 6.82. The molecule has 2 aromatic rings. The summed E-state index contributed by atoms with van der Waals surface area (Å²) in [6.07, 6.45) is 0. The third-order valence-corrected chi connectivity index (χ3v) is 6.65. The van der Waals surface area contributed by atoms with Gasteiger partial charge in [0.05, 0.1) is 15.5 Å². The Labute approximate surface area is 169 Å². The van der Waals surface area contributed by atoms with E-state index >= 15 is 0 Å². The minimum atomic E-state index is -3.73. The van der Waals surface area contributed by atoms with Crippen LogP contribution in [0.3, 0.4) is 0 Å². The summed E-state index contributed by atoms with van der Waals surface area (Å²) >= 11 is 6.12. The largest absolute Gasteiger partial charge is 0.366 e. The summed E-state index contributed by atoms with van der Waals surface area (Å²) in [4.78, 5) is 24.0. The number of benzene rings is 2. The molecule has 2 aromatic carbocycles. The number of hydrogen-bond donors (Lipinski definition) is 2. The van der Waals surface area contributed by atoms with Crippen LogP contribution >= 0.6 is 11.6 Å². The summed E-state index contributed by atoms with van der Waals surface area (Å²) < 4.78 is 26.7. The number of rotatable bonds is 7. The summed E-state index contributed by atoms with van der Waals surface area (Å²) in [6, 6.07) is 8.66. The molecule has 0 aliphatic heterocycles. The quantitative estimate of drug-likeness (QED) is 0.713. The molecule has 0 radical (unpaired) electrons. The molecule has 0 saturated carbocycles. The Hall–Kier alpha value is -2.42. The maximum atomic E-state index is 12.7. The zero-order chi connectivity index (χ0) is 21.1. The summed E-state index contributed by atoms with van der Waals surface area (Å²) in [5, 5.41) is 2.78. The van der Waals surface area contributed by atoms with Crippen molar-refractivity contribution in [3.05, 3.63) is 58.1 Å². The maximum Gasteiger partial charge on any atom is 0.257 e. The number of anilines is 1. The van der Waals surface area contributed by atoms with E-state index in [2.05, 4.69) is 5.32 Å². The van der Waals surface area contributed by atoms with Crippen LogP contribution in [0.5, 0.6) is 0 Å². The molecule has 28 heavy (non-hydrogen) atoms. The number of sulfonamides is 1. The lowest BCUT2D eigenvalue weighted by atomic mass is 10.1. The Morgan fingerprint density at radius 2 is 1.71 bits per heavy atom. The molecule has 0 atom stereocenters. The lowest BCUT2D eigenvalue weighted by Gasteiger charge is -2.19. The maximum absolute atomic E-state index is 12.7. The van der Waals surface area contributed by atoms with E-state index in [-0.39, 0.29) is 15.5 Å². The van der Waals surface area contributed by atoms with Crippen molar-refractivity contribution in [3.8, 4) is 0 Å². The highest BCUT2D eigenvalue weighted by Crippen LogP contribution is 2.24. The molecule has 0 unspecified atom stereocenters. The van der Waals surface area contributed by atoms with Crippen LogP contribution in [0, 0.1) is 6.92 Å². The zero-order valence-corrected chi connectivity index (χ0v) is 17.4. The molecule has 0 bridgehead atoms. The average Bonchev–Trinajstić information content (AvgIpc) is 2.62. The second-order valence-electron chi connectivity index (χ2n) is 6.08. The van der Waals surface area contributed by atoms with Crippen LogP contribution in [-0.2, 0) is 10.0 Å². The SMILES string of the molecule is CCN(CC)S(=O)(=O)c1ccc(Cl)c(C(=O)Nc2ccc(C(N)=O)c(C)c2)c1. The van der Waals surface area contributed by atoms with E-state index < -0.39 is 21.8 Å². The van der Waals surface area contributed by atoms with Gasteiger partial charge in [-0.25, -0.2) is 8.42 Å². The summed E-state index contributed by atoms with van der Waals surface area (Å²) in [6.45, 7) is 5.80. The molecule has 0 fully saturated rings. The lowest BCUT2D eigenvalue weighted by Crippen LogP contribution is -2.30. The standard InChI is InChI=1S/C19H22ClN3O4S/c1-4-23(5-2)28(26,27)14-7-9-17(20)16(11-14)19(25)22-13-6-8-15(18(21)24)12(3)10-13/h6-11H,4-5H2,1-3H3,(H2,21,24)(H,22,25). The van der Waals surface area contributed by atoms with Crippen molar-refractivity contribution in [3.63, 3.8) is 0 Å². The van der Waals surface area contributed by atoms with Crippen molar-refractivity contribution < 1.29 is 18.0 Å². The van der Waals surface area contributed by atoms with Crippen LogP contribution < -0.4 is 11.1 Å². The van der Waals surface area contributed by atoms with Crippen molar-refractivity contribution in [2.45, 2.75) is 25.7 Å². The number of halogens is 1. The van der Waals surface area contributed by atoms with E-state index in [1.165, 1.54) is 34.6 Å². The Balaban J connectivity index is 2.36. The molecule has 150 valence electrons. The Morgan fingerprint density at radius 1 is 1.07 bits per heavy atom. The summed E-state index contributed by atoms with van der Waals surface area (Å²) in [5.74, 6) is -1.12. The van der Waals surface area contributed by atoms with Crippen molar-refractivity contribution in [1.82, 2.24) is 4.31 Å². The second kappa shape index (κ2) is 8.72. The van der Waals surface area contributed by atoms with Gasteiger partial charge in [-0.05, 0) is 48.9 Å². The number of nitrogens with zero attached hydrogens (tertiary/aromatic N) is 1. The Bertz CT molecular complexity index is 1020. The second-order valence-corrected chi connectivity index (χ2v) is 8.42. The summed E-state index contributed by atoms with van der Waals surface area (Å²) in [7, 11) is -3.73. The van der Waals surface area contributed by atoms with Gasteiger partial charge in [0.15, 0.2) is 0 Å². The van der Waals surface area contributed by atoms with Crippen LogP contribution in [0.25, 0.3) is 0 Å². The first-order valence-electron chi connectivity index (χ1n) is 8.63. The highest BCUT2D eigenvalue weighted by molar-refractivity contribution is 7.89. The van der Waals surface area contributed by atoms with Gasteiger partial charge in [0.1, 0.15) is 0 Å². The van der Waals surface area contributed by atoms with Gasteiger partial charge in [-0.1, -0.05) is 25.4 Å². The van der Waals surface area contributed by atoms with Crippen LogP contribution in [0.4, 0.5) is 5.69 Å². The van der Waals surface area contributed by atoms with E-state index in [9.17, 15) is 18.0 Å². The molecule has 0 aromatic heterocycles. The van der Waals surface area contributed by atoms with Gasteiger partial charge in [-0.2, -0.15) is 4.31 Å². The Morgan fingerprint density at radius 3 is 2.25 bits per heavy atom. The van der Waals surface area contributed by atoms with Crippen LogP contribution in [0.1, 0.15) is 40.1 Å². The first-order valence-corrected chi connectivity index (χ1v) is 10.4. The first-order chi connectivity index (χ1) is 13.1. The fraction of sp³-hybridized carbons (Fsp3) is 0.263. The molecule has 2 amide bonds. The molecule has 0 saturated heterocycles. The van der Waals surface area contributed by atoms with E-state index in [4.69, 9.17) is 17.3 Å². The van der Waals surface area contributed by atoms with Crippen molar-refractivity contribution in [2.24, 2.45) is 5.73 Å². The van der Waals surface area contributed by atoms with Crippen molar-refractivity contribution in [2.75, 3.05) is 18.4 Å². The number of nitrogens with two attached hydrogens (primary N) is 1. The number of carbonyl (C=O) groups excluding carboxylic acids is 2. The van der Waals surface area contributed by atoms with E-state index in [0.717, 1.165) is 0 Å². The molecule has 0 spiro atoms. The van der Waals surface area contributed by atoms with Crippen LogP contribution in [-0.4, -0.2) is 37.6 Å². The smallest absolute Gasteiger partial charge is 0.257 e. The zero-order valence-electron chi connectivity index (χ0n) is 15.8. The van der Waals surface area contributed by atoms with E-state index in [0.29, 0.717) is 29.9 Å². The molecule has 3 N–H and O–H groups in total. The first kappa shape index (κ1) is 21.9. The predicted molar refractivity (Wildman–Crippen MR) is 109 cm³/mol. The van der Waals surface area contributed by atoms with Crippen molar-refractivity contribution >= 4 is 39.1 Å². The number of aryl methyl sites for hydroxylation is 1. The molecule has 9 heteroatoms. The van der Waals surface area contributed by atoms with E-state index in [1.54, 1.807) is 26.8 Å². The minimum absolute atomic E-state index is 0.00833. The number of amides is 2. The number of hydrogen-bond acceptors (Lipinski definition) is 4. The fourth-order valence-corrected chi connectivity index (χ4v) is 4.46. The topological polar surface area (TPSA) is 110 Å². The van der Waals surface area contributed by atoms with Crippen LogP contribution in [0.15, 0.2) is 41.3 Å². The molecular formula is C19H22ClN3O4S. The molecule has 0 aliphatic rings. The highest BCUT2D eigenvalue weighted by atomic mass is 35.5. The molecule has 2 rings (SSSR count). The monoisotopic (exact) mass is 423 g/mol. The fourth-order valence-electron chi connectivity index (χ4n) is 2.77. The van der Waals surface area contributed by atoms with Gasteiger partial charge >= 0.3 is 0 Å². The minimum Gasteiger partial charge on any atom is -0.366 e. The van der Waals surface area contributed by atoms with Crippen LogP contribution in [0.2, 0.25) is 5.02 Å². The van der Waals surface area contributed by atoms with Gasteiger partial charge in [-0.3, -0.25) is 9.59 Å². The lowest BCUT2D eigenvalue weighted by molar-refractivity contribution is 0.0997. The predicted octanol–water partition coefficient (Wildman–Crippen LogP) is 3.03. The number of carbonyl (C=O) groups is 2. The molecule has 7 nitrogen and oxygen atoms in total.